The lowest BCUT2D eigenvalue weighted by Gasteiger charge is -2.25. The number of hydrogen-bond donors (Lipinski definition) is 1. The maximum Gasteiger partial charge on any atom is 0.270 e. The largest absolute Gasteiger partial charge is 0.356 e. The summed E-state index contributed by atoms with van der Waals surface area (Å²) in [7, 11) is 0. The Labute approximate surface area is 103 Å². The highest BCUT2D eigenvalue weighted by Gasteiger charge is 2.19. The van der Waals surface area contributed by atoms with Crippen molar-refractivity contribution in [1.29, 1.82) is 5.26 Å². The molecule has 0 bridgehead atoms. The quantitative estimate of drug-likeness (QED) is 0.923. The second kappa shape index (κ2) is 5.71. The first-order chi connectivity index (χ1) is 7.56. The van der Waals surface area contributed by atoms with E-state index in [4.69, 9.17) is 5.26 Å². The molecule has 0 atom stereocenters. The van der Waals surface area contributed by atoms with Gasteiger partial charge in [-0.1, -0.05) is 0 Å². The number of hydrogen-bond acceptors (Lipinski definition) is 2. The summed E-state index contributed by atoms with van der Waals surface area (Å²) in [5.74, 6) is -0.0732. The summed E-state index contributed by atoms with van der Waals surface area (Å²) in [4.78, 5) is 16.6. The molecule has 0 aliphatic heterocycles. The lowest BCUT2D eigenvalue weighted by molar-refractivity contribution is 0.0705. The zero-order valence-corrected chi connectivity index (χ0v) is 10.9. The molecule has 1 N–H and O–H groups in total. The molecule has 0 aliphatic carbocycles. The molecule has 5 heteroatoms. The van der Waals surface area contributed by atoms with Gasteiger partial charge in [0.25, 0.3) is 5.91 Å². The van der Waals surface area contributed by atoms with Crippen molar-refractivity contribution in [3.63, 3.8) is 0 Å². The number of carbonyl (C=O) groups excluding carboxylic acids is 1. The fourth-order valence-corrected chi connectivity index (χ4v) is 1.75. The van der Waals surface area contributed by atoms with E-state index in [-0.39, 0.29) is 11.9 Å². The van der Waals surface area contributed by atoms with Crippen molar-refractivity contribution < 1.29 is 4.79 Å². The third-order valence-corrected chi connectivity index (χ3v) is 2.68. The molecule has 0 saturated heterocycles. The van der Waals surface area contributed by atoms with Crippen molar-refractivity contribution in [1.82, 2.24) is 9.88 Å². The number of nitrogens with zero attached hydrogens (tertiary/aromatic N) is 2. The maximum absolute atomic E-state index is 12.1. The molecular weight excluding hydrogens is 270 g/mol. The van der Waals surface area contributed by atoms with Gasteiger partial charge in [0, 0.05) is 23.3 Å². The summed E-state index contributed by atoms with van der Waals surface area (Å²) in [6.45, 7) is 4.34. The van der Waals surface area contributed by atoms with E-state index in [9.17, 15) is 4.79 Å². The number of aromatic nitrogens is 1. The van der Waals surface area contributed by atoms with Crippen LogP contribution in [0.4, 0.5) is 0 Å². The Morgan fingerprint density at radius 3 is 2.81 bits per heavy atom. The number of halogens is 1. The van der Waals surface area contributed by atoms with Crippen molar-refractivity contribution in [3.05, 3.63) is 22.4 Å². The van der Waals surface area contributed by atoms with Gasteiger partial charge in [0.1, 0.15) is 5.69 Å². The molecule has 1 rings (SSSR count). The van der Waals surface area contributed by atoms with Gasteiger partial charge < -0.3 is 9.88 Å². The third-order valence-electron chi connectivity index (χ3n) is 2.23. The van der Waals surface area contributed by atoms with Gasteiger partial charge >= 0.3 is 0 Å². The Morgan fingerprint density at radius 2 is 2.38 bits per heavy atom. The van der Waals surface area contributed by atoms with Crippen LogP contribution < -0.4 is 0 Å². The summed E-state index contributed by atoms with van der Waals surface area (Å²) in [5, 5.41) is 8.55. The Bertz CT molecular complexity index is 406. The monoisotopic (exact) mass is 283 g/mol. The topological polar surface area (TPSA) is 59.9 Å². The second-order valence-corrected chi connectivity index (χ2v) is 4.65. The fraction of sp³-hybridized carbons (Fsp3) is 0.455. The van der Waals surface area contributed by atoms with Crippen LogP contribution in [0.25, 0.3) is 0 Å². The lowest BCUT2D eigenvalue weighted by atomic mass is 10.2. The molecule has 16 heavy (non-hydrogen) atoms. The maximum atomic E-state index is 12.1. The van der Waals surface area contributed by atoms with Crippen LogP contribution >= 0.6 is 15.9 Å². The summed E-state index contributed by atoms with van der Waals surface area (Å²) >= 11 is 3.28. The van der Waals surface area contributed by atoms with E-state index in [0.717, 1.165) is 4.47 Å². The van der Waals surface area contributed by atoms with Crippen LogP contribution in [0.5, 0.6) is 0 Å². The second-order valence-electron chi connectivity index (χ2n) is 3.73. The van der Waals surface area contributed by atoms with E-state index in [1.807, 2.05) is 13.8 Å². The van der Waals surface area contributed by atoms with Crippen molar-refractivity contribution in [3.8, 4) is 6.07 Å². The number of nitrogens with one attached hydrogen (secondary N) is 1. The predicted molar refractivity (Wildman–Crippen MR) is 64.9 cm³/mol. The molecule has 1 heterocycles. The molecule has 86 valence electrons. The number of carbonyl (C=O) groups is 1. The van der Waals surface area contributed by atoms with Gasteiger partial charge in [-0.15, -0.1) is 0 Å². The van der Waals surface area contributed by atoms with Gasteiger partial charge in [-0.05, 0) is 35.8 Å². The molecule has 1 amide bonds. The van der Waals surface area contributed by atoms with Crippen LogP contribution in [-0.4, -0.2) is 28.4 Å². The van der Waals surface area contributed by atoms with Gasteiger partial charge in [-0.3, -0.25) is 4.79 Å². The standard InChI is InChI=1S/C11H14BrN3O/c1-8(2)15(5-3-4-13)11(16)10-6-9(12)7-14-10/h6-8,14H,3,5H2,1-2H3. The van der Waals surface area contributed by atoms with Gasteiger partial charge in [-0.2, -0.15) is 5.26 Å². The zero-order valence-electron chi connectivity index (χ0n) is 9.33. The lowest BCUT2D eigenvalue weighted by Crippen LogP contribution is -2.37. The first-order valence-corrected chi connectivity index (χ1v) is 5.87. The smallest absolute Gasteiger partial charge is 0.270 e. The van der Waals surface area contributed by atoms with Crippen LogP contribution in [0.15, 0.2) is 16.7 Å². The van der Waals surface area contributed by atoms with Crippen molar-refractivity contribution in [2.45, 2.75) is 26.3 Å². The molecule has 0 radical (unpaired) electrons. The van der Waals surface area contributed by atoms with Crippen molar-refractivity contribution in [2.24, 2.45) is 0 Å². The highest BCUT2D eigenvalue weighted by Crippen LogP contribution is 2.14. The number of nitriles is 1. The number of amides is 1. The van der Waals surface area contributed by atoms with E-state index >= 15 is 0 Å². The van der Waals surface area contributed by atoms with Crippen LogP contribution in [0.1, 0.15) is 30.8 Å². The number of H-pyrrole nitrogens is 1. The predicted octanol–water partition coefficient (Wildman–Crippen LogP) is 2.54. The van der Waals surface area contributed by atoms with E-state index in [1.54, 1.807) is 17.2 Å². The molecule has 4 nitrogen and oxygen atoms in total. The average Bonchev–Trinajstić information content (AvgIpc) is 2.64. The molecule has 0 saturated carbocycles. The minimum Gasteiger partial charge on any atom is -0.356 e. The molecule has 1 aromatic rings. The number of rotatable bonds is 4. The highest BCUT2D eigenvalue weighted by molar-refractivity contribution is 9.10. The van der Waals surface area contributed by atoms with Crippen LogP contribution in [0, 0.1) is 11.3 Å². The molecule has 0 spiro atoms. The minimum atomic E-state index is -0.0732. The minimum absolute atomic E-state index is 0.0732. The third kappa shape index (κ3) is 3.11. The van der Waals surface area contributed by atoms with E-state index in [2.05, 4.69) is 27.0 Å². The molecule has 0 fully saturated rings. The Balaban J connectivity index is 2.79. The normalized spacial score (nSPS) is 10.2. The van der Waals surface area contributed by atoms with Gasteiger partial charge in [0.05, 0.1) is 12.5 Å². The summed E-state index contributed by atoms with van der Waals surface area (Å²) < 4.78 is 0.847. The summed E-state index contributed by atoms with van der Waals surface area (Å²) in [6, 6.07) is 3.88. The first-order valence-electron chi connectivity index (χ1n) is 5.08. The first kappa shape index (κ1) is 12.8. The molecular formula is C11H14BrN3O. The fourth-order valence-electron chi connectivity index (χ4n) is 1.41. The summed E-state index contributed by atoms with van der Waals surface area (Å²) in [5.41, 5.74) is 0.540. The van der Waals surface area contributed by atoms with Crippen molar-refractivity contribution >= 4 is 21.8 Å². The van der Waals surface area contributed by atoms with Crippen molar-refractivity contribution in [2.75, 3.05) is 6.54 Å². The SMILES string of the molecule is CC(C)N(CCC#N)C(=O)c1cc(Br)c[nH]1. The van der Waals surface area contributed by atoms with E-state index in [1.165, 1.54) is 0 Å². The van der Waals surface area contributed by atoms with E-state index in [0.29, 0.717) is 18.7 Å². The Morgan fingerprint density at radius 1 is 1.69 bits per heavy atom. The average molecular weight is 284 g/mol. The van der Waals surface area contributed by atoms with Gasteiger partial charge in [-0.25, -0.2) is 0 Å². The molecule has 0 aromatic carbocycles. The summed E-state index contributed by atoms with van der Waals surface area (Å²) in [6.07, 6.45) is 2.07. The Kier molecular flexibility index (Phi) is 4.56. The molecule has 1 aromatic heterocycles. The van der Waals surface area contributed by atoms with Gasteiger partial charge in [0.15, 0.2) is 0 Å². The highest BCUT2D eigenvalue weighted by atomic mass is 79.9. The Hall–Kier alpha value is -1.28. The van der Waals surface area contributed by atoms with Gasteiger partial charge in [0.2, 0.25) is 0 Å². The van der Waals surface area contributed by atoms with E-state index < -0.39 is 0 Å². The number of aromatic amines is 1. The molecule has 0 aliphatic rings. The zero-order chi connectivity index (χ0) is 12.1. The van der Waals surface area contributed by atoms with Crippen LogP contribution in [-0.2, 0) is 0 Å². The van der Waals surface area contributed by atoms with Crippen LogP contribution in [0.2, 0.25) is 0 Å². The van der Waals surface area contributed by atoms with Crippen LogP contribution in [0.3, 0.4) is 0 Å². The molecule has 0 unspecified atom stereocenters.